The van der Waals surface area contributed by atoms with Crippen molar-refractivity contribution < 1.29 is 24.2 Å². The Labute approximate surface area is 195 Å². The molecule has 2 amide bonds. The molecule has 0 aliphatic rings. The highest BCUT2D eigenvalue weighted by atomic mass is 16.5. The van der Waals surface area contributed by atoms with Crippen molar-refractivity contribution in [3.05, 3.63) is 66.0 Å². The largest absolute Gasteiger partial charge is 0.480 e. The predicted molar refractivity (Wildman–Crippen MR) is 124 cm³/mol. The molecule has 1 aromatic heterocycles. The summed E-state index contributed by atoms with van der Waals surface area (Å²) in [6, 6.07) is 10.7. The van der Waals surface area contributed by atoms with Gasteiger partial charge in [0.2, 0.25) is 5.91 Å². The van der Waals surface area contributed by atoms with Crippen LogP contribution in [0.25, 0.3) is 0 Å². The van der Waals surface area contributed by atoms with Crippen LogP contribution in [0.4, 0.5) is 4.79 Å². The monoisotopic (exact) mass is 455 g/mol. The molecule has 0 bridgehead atoms. The van der Waals surface area contributed by atoms with Crippen LogP contribution in [0.5, 0.6) is 0 Å². The van der Waals surface area contributed by atoms with Crippen molar-refractivity contribution >= 4 is 18.0 Å². The van der Waals surface area contributed by atoms with Gasteiger partial charge in [0.1, 0.15) is 18.7 Å². The average Bonchev–Trinajstić information content (AvgIpc) is 2.81. The third-order valence-corrected chi connectivity index (χ3v) is 5.77. The fourth-order valence-corrected chi connectivity index (χ4v) is 3.34. The van der Waals surface area contributed by atoms with E-state index in [0.29, 0.717) is 12.0 Å². The van der Waals surface area contributed by atoms with Gasteiger partial charge in [-0.15, -0.1) is 0 Å². The maximum Gasteiger partial charge on any atom is 0.408 e. The Morgan fingerprint density at radius 2 is 1.79 bits per heavy atom. The van der Waals surface area contributed by atoms with Gasteiger partial charge in [-0.3, -0.25) is 9.78 Å². The second-order valence-electron chi connectivity index (χ2n) is 8.85. The highest BCUT2D eigenvalue weighted by Gasteiger charge is 2.35. The zero-order valence-corrected chi connectivity index (χ0v) is 19.7. The van der Waals surface area contributed by atoms with E-state index in [1.165, 1.54) is 11.9 Å². The SMILES string of the molecule is CCC(C)(C)C[C@@H](NC(=O)OCc1ccccc1)C(=O)N(C)[C@@H](Cc1cccnc1)C(=O)O. The molecule has 2 atom stereocenters. The van der Waals surface area contributed by atoms with E-state index >= 15 is 0 Å². The van der Waals surface area contributed by atoms with E-state index in [2.05, 4.69) is 10.3 Å². The first-order valence-electron chi connectivity index (χ1n) is 11.0. The summed E-state index contributed by atoms with van der Waals surface area (Å²) in [6.45, 7) is 6.06. The van der Waals surface area contributed by atoms with Crippen LogP contribution in [0.3, 0.4) is 0 Å². The molecule has 0 spiro atoms. The quantitative estimate of drug-likeness (QED) is 0.535. The van der Waals surface area contributed by atoms with Gasteiger partial charge >= 0.3 is 12.1 Å². The number of amides is 2. The molecule has 1 aromatic carbocycles. The lowest BCUT2D eigenvalue weighted by Gasteiger charge is -2.33. The number of ether oxygens (including phenoxy) is 1. The summed E-state index contributed by atoms with van der Waals surface area (Å²) in [6.07, 6.45) is 3.67. The van der Waals surface area contributed by atoms with Crippen LogP contribution in [0.1, 0.15) is 44.7 Å². The van der Waals surface area contributed by atoms with Crippen LogP contribution in [0.2, 0.25) is 0 Å². The molecule has 0 aliphatic heterocycles. The van der Waals surface area contributed by atoms with Gasteiger partial charge in [-0.2, -0.15) is 0 Å². The normalized spacial score (nSPS) is 13.0. The van der Waals surface area contributed by atoms with Gasteiger partial charge in [0, 0.05) is 25.9 Å². The fourth-order valence-electron chi connectivity index (χ4n) is 3.34. The first-order valence-corrected chi connectivity index (χ1v) is 11.0. The molecule has 2 aromatic rings. The van der Waals surface area contributed by atoms with Crippen molar-refractivity contribution in [2.24, 2.45) is 5.41 Å². The highest BCUT2D eigenvalue weighted by Crippen LogP contribution is 2.27. The smallest absolute Gasteiger partial charge is 0.408 e. The number of alkyl carbamates (subject to hydrolysis) is 1. The lowest BCUT2D eigenvalue weighted by molar-refractivity contribution is -0.150. The second kappa shape index (κ2) is 12.0. The molecule has 0 saturated carbocycles. The number of carbonyl (C=O) groups is 3. The van der Waals surface area contributed by atoms with Crippen LogP contribution in [0, 0.1) is 5.41 Å². The minimum absolute atomic E-state index is 0.0688. The van der Waals surface area contributed by atoms with Crippen molar-refractivity contribution in [3.63, 3.8) is 0 Å². The molecule has 8 nitrogen and oxygen atoms in total. The first kappa shape index (κ1) is 25.8. The number of nitrogens with one attached hydrogen (secondary N) is 1. The molecule has 33 heavy (non-hydrogen) atoms. The third-order valence-electron chi connectivity index (χ3n) is 5.77. The van der Waals surface area contributed by atoms with E-state index in [0.717, 1.165) is 12.0 Å². The molecule has 0 unspecified atom stereocenters. The third kappa shape index (κ3) is 8.21. The predicted octanol–water partition coefficient (Wildman–Crippen LogP) is 3.66. The summed E-state index contributed by atoms with van der Waals surface area (Å²) >= 11 is 0. The van der Waals surface area contributed by atoms with Gasteiger partial charge in [-0.25, -0.2) is 9.59 Å². The molecular weight excluding hydrogens is 422 g/mol. The number of pyridine rings is 1. The zero-order valence-electron chi connectivity index (χ0n) is 19.7. The standard InChI is InChI=1S/C25H33N3O5/c1-5-25(2,3)15-20(27-24(32)33-17-18-10-7-6-8-11-18)22(29)28(4)21(23(30)31)14-19-12-9-13-26-16-19/h6-13,16,20-21H,5,14-15,17H2,1-4H3,(H,27,32)(H,30,31)/t20-,21+/m1/s1. The van der Waals surface area contributed by atoms with Crippen molar-refractivity contribution in [2.45, 2.75) is 58.7 Å². The zero-order chi connectivity index (χ0) is 24.4. The van der Waals surface area contributed by atoms with Crippen molar-refractivity contribution in [1.29, 1.82) is 0 Å². The number of nitrogens with zero attached hydrogens (tertiary/aromatic N) is 2. The minimum atomic E-state index is -1.13. The van der Waals surface area contributed by atoms with Crippen LogP contribution in [0.15, 0.2) is 54.9 Å². The molecule has 0 aliphatic carbocycles. The van der Waals surface area contributed by atoms with Gasteiger partial charge in [-0.1, -0.05) is 63.6 Å². The van der Waals surface area contributed by atoms with E-state index in [1.54, 1.807) is 24.5 Å². The van der Waals surface area contributed by atoms with E-state index < -0.39 is 30.1 Å². The molecule has 0 radical (unpaired) electrons. The van der Waals surface area contributed by atoms with Crippen molar-refractivity contribution in [2.75, 3.05) is 7.05 Å². The van der Waals surface area contributed by atoms with E-state index in [9.17, 15) is 19.5 Å². The van der Waals surface area contributed by atoms with E-state index in [1.807, 2.05) is 51.1 Å². The van der Waals surface area contributed by atoms with Crippen LogP contribution < -0.4 is 5.32 Å². The summed E-state index contributed by atoms with van der Waals surface area (Å²) < 4.78 is 5.29. The summed E-state index contributed by atoms with van der Waals surface area (Å²) in [5.41, 5.74) is 1.27. The Morgan fingerprint density at radius 3 is 2.36 bits per heavy atom. The Bertz CT molecular complexity index is 918. The number of aliphatic carboxylic acids is 1. The number of hydrogen-bond donors (Lipinski definition) is 2. The second-order valence-corrected chi connectivity index (χ2v) is 8.85. The number of carboxylic acids is 1. The van der Waals surface area contributed by atoms with Crippen molar-refractivity contribution in [3.8, 4) is 0 Å². The highest BCUT2D eigenvalue weighted by molar-refractivity contribution is 5.89. The molecule has 0 fully saturated rings. The number of benzene rings is 1. The maximum absolute atomic E-state index is 13.4. The minimum Gasteiger partial charge on any atom is -0.480 e. The number of hydrogen-bond acceptors (Lipinski definition) is 5. The van der Waals surface area contributed by atoms with E-state index in [-0.39, 0.29) is 18.4 Å². The van der Waals surface area contributed by atoms with Crippen molar-refractivity contribution in [1.82, 2.24) is 15.2 Å². The Balaban J connectivity index is 2.15. The van der Waals surface area contributed by atoms with Gasteiger partial charge in [-0.05, 0) is 29.0 Å². The Kier molecular flexibility index (Phi) is 9.39. The molecule has 0 saturated heterocycles. The Morgan fingerprint density at radius 1 is 1.12 bits per heavy atom. The van der Waals surface area contributed by atoms with Crippen LogP contribution in [-0.2, 0) is 27.4 Å². The number of rotatable bonds is 11. The molecule has 2 rings (SSSR count). The van der Waals surface area contributed by atoms with Gasteiger partial charge in [0.05, 0.1) is 0 Å². The molecule has 8 heteroatoms. The average molecular weight is 456 g/mol. The summed E-state index contributed by atoms with van der Waals surface area (Å²) in [7, 11) is 1.44. The lowest BCUT2D eigenvalue weighted by Crippen LogP contribution is -2.54. The molecule has 1 heterocycles. The summed E-state index contributed by atoms with van der Waals surface area (Å²) in [4.78, 5) is 43.0. The topological polar surface area (TPSA) is 109 Å². The number of carboxylic acid groups (broad SMARTS) is 1. The summed E-state index contributed by atoms with van der Waals surface area (Å²) in [5.74, 6) is -1.61. The van der Waals surface area contributed by atoms with Gasteiger partial charge < -0.3 is 20.1 Å². The van der Waals surface area contributed by atoms with Crippen LogP contribution >= 0.6 is 0 Å². The first-order chi connectivity index (χ1) is 15.6. The lowest BCUT2D eigenvalue weighted by atomic mass is 9.83. The number of carbonyl (C=O) groups excluding carboxylic acids is 2. The van der Waals surface area contributed by atoms with Gasteiger partial charge in [0.25, 0.3) is 0 Å². The maximum atomic E-state index is 13.4. The van der Waals surface area contributed by atoms with E-state index in [4.69, 9.17) is 4.74 Å². The molecular formula is C25H33N3O5. The molecule has 178 valence electrons. The van der Waals surface area contributed by atoms with Crippen LogP contribution in [-0.4, -0.2) is 52.1 Å². The molecule has 2 N–H and O–H groups in total. The number of aromatic nitrogens is 1. The fraction of sp³-hybridized carbons (Fsp3) is 0.440. The number of likely N-dealkylation sites (N-methyl/N-ethyl adjacent to an activating group) is 1. The van der Waals surface area contributed by atoms with Gasteiger partial charge in [0.15, 0.2) is 0 Å². The Hall–Kier alpha value is -3.42. The summed E-state index contributed by atoms with van der Waals surface area (Å²) in [5, 5.41) is 12.4.